The fraction of sp³-hybridized carbons (Fsp3) is 0.235. The van der Waals surface area contributed by atoms with E-state index in [0.29, 0.717) is 18.4 Å². The number of benzene rings is 2. The molecule has 0 radical (unpaired) electrons. The zero-order chi connectivity index (χ0) is 15.2. The summed E-state index contributed by atoms with van der Waals surface area (Å²) < 4.78 is 26.3. The molecule has 110 valence electrons. The van der Waals surface area contributed by atoms with Crippen molar-refractivity contribution in [2.75, 3.05) is 7.05 Å². The molecule has 2 aromatic carbocycles. The summed E-state index contributed by atoms with van der Waals surface area (Å²) in [6, 6.07) is 12.5. The van der Waals surface area contributed by atoms with Gasteiger partial charge in [0.05, 0.1) is 0 Å². The van der Waals surface area contributed by atoms with E-state index in [2.05, 4.69) is 0 Å². The number of aryl methyl sites for hydroxylation is 1. The van der Waals surface area contributed by atoms with Crippen molar-refractivity contribution < 1.29 is 13.6 Å². The van der Waals surface area contributed by atoms with E-state index in [1.165, 1.54) is 23.1 Å². The topological polar surface area (TPSA) is 20.3 Å². The van der Waals surface area contributed by atoms with Gasteiger partial charge in [-0.15, -0.1) is 0 Å². The van der Waals surface area contributed by atoms with Gasteiger partial charge in [0.25, 0.3) is 0 Å². The van der Waals surface area contributed by atoms with Crippen LogP contribution in [0.15, 0.2) is 48.5 Å². The first-order valence-electron chi connectivity index (χ1n) is 6.78. The van der Waals surface area contributed by atoms with Crippen LogP contribution in [0, 0.1) is 11.6 Å². The average molecular weight is 289 g/mol. The van der Waals surface area contributed by atoms with E-state index in [4.69, 9.17) is 0 Å². The molecule has 4 heteroatoms. The van der Waals surface area contributed by atoms with Crippen molar-refractivity contribution in [1.29, 1.82) is 0 Å². The van der Waals surface area contributed by atoms with Crippen LogP contribution in [0.25, 0.3) is 0 Å². The lowest BCUT2D eigenvalue weighted by molar-refractivity contribution is -0.130. The van der Waals surface area contributed by atoms with Gasteiger partial charge in [-0.3, -0.25) is 4.79 Å². The van der Waals surface area contributed by atoms with Crippen molar-refractivity contribution in [1.82, 2.24) is 4.90 Å². The lowest BCUT2D eigenvalue weighted by Gasteiger charge is -2.17. The van der Waals surface area contributed by atoms with Crippen LogP contribution in [-0.4, -0.2) is 17.9 Å². The van der Waals surface area contributed by atoms with Crippen LogP contribution in [0.1, 0.15) is 17.5 Å². The number of nitrogens with zero attached hydrogens (tertiary/aromatic N) is 1. The van der Waals surface area contributed by atoms with Gasteiger partial charge >= 0.3 is 0 Å². The molecule has 0 aliphatic rings. The van der Waals surface area contributed by atoms with Crippen LogP contribution < -0.4 is 0 Å². The van der Waals surface area contributed by atoms with E-state index < -0.39 is 0 Å². The fourth-order valence-corrected chi connectivity index (χ4v) is 2.06. The van der Waals surface area contributed by atoms with Gasteiger partial charge in [-0.05, 0) is 30.2 Å². The Morgan fingerprint density at radius 3 is 2.38 bits per heavy atom. The summed E-state index contributed by atoms with van der Waals surface area (Å²) in [5.41, 5.74) is 1.40. The summed E-state index contributed by atoms with van der Waals surface area (Å²) in [5.74, 6) is -0.667. The number of carbonyl (C=O) groups is 1. The van der Waals surface area contributed by atoms with Crippen molar-refractivity contribution in [2.45, 2.75) is 19.4 Å². The standard InChI is InChI=1S/C17H17F2NO/c1-20(12-14-4-2-3-5-16(14)19)17(21)11-8-13-6-9-15(18)10-7-13/h2-7,9-10H,8,11-12H2,1H3. The van der Waals surface area contributed by atoms with Crippen LogP contribution in [0.4, 0.5) is 8.78 Å². The molecule has 0 atom stereocenters. The van der Waals surface area contributed by atoms with Gasteiger partial charge in [0.15, 0.2) is 0 Å². The smallest absolute Gasteiger partial charge is 0.222 e. The van der Waals surface area contributed by atoms with E-state index in [0.717, 1.165) is 5.56 Å². The van der Waals surface area contributed by atoms with E-state index in [1.807, 2.05) is 0 Å². The lowest BCUT2D eigenvalue weighted by atomic mass is 10.1. The quantitative estimate of drug-likeness (QED) is 0.824. The average Bonchev–Trinajstić information content (AvgIpc) is 2.48. The van der Waals surface area contributed by atoms with Gasteiger partial charge in [0.1, 0.15) is 11.6 Å². The molecule has 0 heterocycles. The molecule has 0 bridgehead atoms. The van der Waals surface area contributed by atoms with Crippen LogP contribution in [0.5, 0.6) is 0 Å². The summed E-state index contributed by atoms with van der Waals surface area (Å²) in [6.45, 7) is 0.245. The molecule has 21 heavy (non-hydrogen) atoms. The predicted molar refractivity (Wildman–Crippen MR) is 77.6 cm³/mol. The first kappa shape index (κ1) is 15.2. The minimum atomic E-state index is -0.310. The molecular weight excluding hydrogens is 272 g/mol. The molecule has 0 spiro atoms. The van der Waals surface area contributed by atoms with Gasteiger partial charge in [-0.25, -0.2) is 8.78 Å². The monoisotopic (exact) mass is 289 g/mol. The van der Waals surface area contributed by atoms with Gasteiger partial charge in [0, 0.05) is 25.6 Å². The zero-order valence-electron chi connectivity index (χ0n) is 11.9. The van der Waals surface area contributed by atoms with Gasteiger partial charge in [-0.2, -0.15) is 0 Å². The summed E-state index contributed by atoms with van der Waals surface area (Å²) in [7, 11) is 1.65. The van der Waals surface area contributed by atoms with E-state index in [1.54, 1.807) is 37.4 Å². The predicted octanol–water partition coefficient (Wildman–Crippen LogP) is 3.56. The van der Waals surface area contributed by atoms with Gasteiger partial charge < -0.3 is 4.90 Å². The van der Waals surface area contributed by atoms with Crippen LogP contribution in [-0.2, 0) is 17.8 Å². The number of halogens is 2. The van der Waals surface area contributed by atoms with E-state index in [9.17, 15) is 13.6 Å². The molecule has 0 saturated carbocycles. The summed E-state index contributed by atoms with van der Waals surface area (Å²) in [4.78, 5) is 13.5. The Balaban J connectivity index is 1.88. The maximum absolute atomic E-state index is 13.5. The van der Waals surface area contributed by atoms with Crippen molar-refractivity contribution in [2.24, 2.45) is 0 Å². The Kier molecular flexibility index (Phi) is 5.04. The Labute approximate surface area is 123 Å². The van der Waals surface area contributed by atoms with Crippen LogP contribution in [0.3, 0.4) is 0 Å². The Hall–Kier alpha value is -2.23. The maximum atomic E-state index is 13.5. The highest BCUT2D eigenvalue weighted by Gasteiger charge is 2.11. The minimum Gasteiger partial charge on any atom is -0.341 e. The summed E-state index contributed by atoms with van der Waals surface area (Å²) in [6.07, 6.45) is 0.858. The third-order valence-electron chi connectivity index (χ3n) is 3.33. The zero-order valence-corrected chi connectivity index (χ0v) is 11.9. The molecule has 0 aliphatic carbocycles. The molecule has 2 aromatic rings. The number of carbonyl (C=O) groups excluding carboxylic acids is 1. The normalized spacial score (nSPS) is 10.4. The van der Waals surface area contributed by atoms with Crippen LogP contribution in [0.2, 0.25) is 0 Å². The first-order valence-corrected chi connectivity index (χ1v) is 6.78. The van der Waals surface area contributed by atoms with Crippen molar-refractivity contribution in [3.05, 3.63) is 71.3 Å². The Morgan fingerprint density at radius 2 is 1.71 bits per heavy atom. The van der Waals surface area contributed by atoms with E-state index >= 15 is 0 Å². The molecule has 0 fully saturated rings. The van der Waals surface area contributed by atoms with Crippen molar-refractivity contribution in [3.63, 3.8) is 0 Å². The molecule has 1 amide bonds. The van der Waals surface area contributed by atoms with E-state index in [-0.39, 0.29) is 24.1 Å². The minimum absolute atomic E-state index is 0.0671. The maximum Gasteiger partial charge on any atom is 0.222 e. The Morgan fingerprint density at radius 1 is 1.05 bits per heavy atom. The highest BCUT2D eigenvalue weighted by Crippen LogP contribution is 2.11. The second kappa shape index (κ2) is 6.97. The van der Waals surface area contributed by atoms with Crippen molar-refractivity contribution in [3.8, 4) is 0 Å². The number of hydrogen-bond acceptors (Lipinski definition) is 1. The lowest BCUT2D eigenvalue weighted by Crippen LogP contribution is -2.26. The summed E-state index contributed by atoms with van der Waals surface area (Å²) >= 11 is 0. The number of hydrogen-bond donors (Lipinski definition) is 0. The highest BCUT2D eigenvalue weighted by molar-refractivity contribution is 5.76. The molecule has 2 rings (SSSR count). The summed E-state index contributed by atoms with van der Waals surface area (Å²) in [5, 5.41) is 0. The molecule has 0 unspecified atom stereocenters. The molecule has 0 aromatic heterocycles. The van der Waals surface area contributed by atoms with Crippen molar-refractivity contribution >= 4 is 5.91 Å². The molecule has 0 saturated heterocycles. The van der Waals surface area contributed by atoms with Gasteiger partial charge in [0.2, 0.25) is 5.91 Å². The largest absolute Gasteiger partial charge is 0.341 e. The SMILES string of the molecule is CN(Cc1ccccc1F)C(=O)CCc1ccc(F)cc1. The molecule has 0 N–H and O–H groups in total. The highest BCUT2D eigenvalue weighted by atomic mass is 19.1. The second-order valence-electron chi connectivity index (χ2n) is 4.97. The van der Waals surface area contributed by atoms with Crippen LogP contribution >= 0.6 is 0 Å². The number of amides is 1. The number of rotatable bonds is 5. The first-order chi connectivity index (χ1) is 10.1. The molecule has 2 nitrogen and oxygen atoms in total. The Bertz CT molecular complexity index is 610. The second-order valence-corrected chi connectivity index (χ2v) is 4.97. The third kappa shape index (κ3) is 4.38. The molecule has 0 aliphatic heterocycles. The van der Waals surface area contributed by atoms with Gasteiger partial charge in [-0.1, -0.05) is 30.3 Å². The fourth-order valence-electron chi connectivity index (χ4n) is 2.06. The third-order valence-corrected chi connectivity index (χ3v) is 3.33. The molecular formula is C17H17F2NO.